The summed E-state index contributed by atoms with van der Waals surface area (Å²) in [6.07, 6.45) is 1.11. The maximum Gasteiger partial charge on any atom is 0.242 e. The average Bonchev–Trinajstić information content (AvgIpc) is 2.95. The first kappa shape index (κ1) is 11.4. The van der Waals surface area contributed by atoms with Crippen LogP contribution in [-0.4, -0.2) is 21.5 Å². The maximum atomic E-state index is 11.8. The van der Waals surface area contributed by atoms with Gasteiger partial charge in [0.1, 0.15) is 4.90 Å². The first-order valence-electron chi connectivity index (χ1n) is 5.33. The molecule has 16 heavy (non-hydrogen) atoms. The number of nitrogens with one attached hydrogen (secondary N) is 2. The van der Waals surface area contributed by atoms with Gasteiger partial charge in [-0.2, -0.15) is 0 Å². The molecule has 2 N–H and O–H groups in total. The molecular weight excluding hydrogens is 224 g/mol. The summed E-state index contributed by atoms with van der Waals surface area (Å²) in [5.41, 5.74) is 0.686. The second kappa shape index (κ2) is 4.07. The summed E-state index contributed by atoms with van der Waals surface area (Å²) >= 11 is 0. The van der Waals surface area contributed by atoms with Crippen molar-refractivity contribution in [3.63, 3.8) is 0 Å². The molecule has 0 aromatic heterocycles. The number of benzene rings is 1. The van der Waals surface area contributed by atoms with Gasteiger partial charge in [0.25, 0.3) is 0 Å². The molecule has 5 heteroatoms. The standard InChI is InChI=1S/C11H16N2O2S/c1-8-7-10(8)13-9-5-3-4-6-11(9)16(14,15)12-2/h3-6,8,10,12-13H,7H2,1-2H3. The lowest BCUT2D eigenvalue weighted by molar-refractivity contribution is 0.588. The van der Waals surface area contributed by atoms with Crippen molar-refractivity contribution in [1.82, 2.24) is 4.72 Å². The number of hydrogen-bond acceptors (Lipinski definition) is 3. The number of rotatable bonds is 4. The third-order valence-electron chi connectivity index (χ3n) is 2.90. The molecule has 4 nitrogen and oxygen atoms in total. The van der Waals surface area contributed by atoms with E-state index in [-0.39, 0.29) is 0 Å². The normalized spacial score (nSPS) is 24.1. The van der Waals surface area contributed by atoms with E-state index >= 15 is 0 Å². The van der Waals surface area contributed by atoms with Crippen LogP contribution in [0.3, 0.4) is 0 Å². The summed E-state index contributed by atoms with van der Waals surface area (Å²) < 4.78 is 25.8. The van der Waals surface area contributed by atoms with Crippen LogP contribution in [0.2, 0.25) is 0 Å². The van der Waals surface area contributed by atoms with Gasteiger partial charge in [0.2, 0.25) is 10.0 Å². The zero-order valence-corrected chi connectivity index (χ0v) is 10.2. The van der Waals surface area contributed by atoms with Crippen molar-refractivity contribution >= 4 is 15.7 Å². The summed E-state index contributed by atoms with van der Waals surface area (Å²) in [6.45, 7) is 2.15. The second-order valence-corrected chi connectivity index (χ2v) is 6.02. The number of para-hydroxylation sites is 1. The lowest BCUT2D eigenvalue weighted by atomic mass is 10.3. The molecule has 2 rings (SSSR count). The van der Waals surface area contributed by atoms with Crippen LogP contribution in [0.25, 0.3) is 0 Å². The van der Waals surface area contributed by atoms with Crippen LogP contribution in [0.5, 0.6) is 0 Å². The van der Waals surface area contributed by atoms with Gasteiger partial charge in [0.05, 0.1) is 5.69 Å². The Hall–Kier alpha value is -1.07. The fourth-order valence-electron chi connectivity index (χ4n) is 1.65. The first-order chi connectivity index (χ1) is 7.54. The summed E-state index contributed by atoms with van der Waals surface area (Å²) in [7, 11) is -1.95. The average molecular weight is 240 g/mol. The van der Waals surface area contributed by atoms with Crippen molar-refractivity contribution in [1.29, 1.82) is 0 Å². The highest BCUT2D eigenvalue weighted by Crippen LogP contribution is 2.34. The van der Waals surface area contributed by atoms with Crippen molar-refractivity contribution < 1.29 is 8.42 Å². The molecule has 0 radical (unpaired) electrons. The molecule has 2 unspecified atom stereocenters. The van der Waals surface area contributed by atoms with Gasteiger partial charge in [0.15, 0.2) is 0 Å². The largest absolute Gasteiger partial charge is 0.381 e. The monoisotopic (exact) mass is 240 g/mol. The summed E-state index contributed by atoms with van der Waals surface area (Å²) in [5, 5.41) is 3.26. The quantitative estimate of drug-likeness (QED) is 0.836. The molecule has 88 valence electrons. The van der Waals surface area contributed by atoms with E-state index in [0.29, 0.717) is 22.5 Å². The van der Waals surface area contributed by atoms with Crippen LogP contribution in [0, 0.1) is 5.92 Å². The Kier molecular flexibility index (Phi) is 2.90. The maximum absolute atomic E-state index is 11.8. The molecular formula is C11H16N2O2S. The summed E-state index contributed by atoms with van der Waals surface area (Å²) in [4.78, 5) is 0.316. The minimum atomic E-state index is -3.38. The number of hydrogen-bond donors (Lipinski definition) is 2. The third kappa shape index (κ3) is 2.20. The van der Waals surface area contributed by atoms with E-state index in [9.17, 15) is 8.42 Å². The molecule has 0 bridgehead atoms. The Balaban J connectivity index is 2.31. The van der Waals surface area contributed by atoms with Gasteiger partial charge in [-0.05, 0) is 31.5 Å². The Labute approximate surface area is 96.1 Å². The Morgan fingerprint density at radius 3 is 2.50 bits per heavy atom. The molecule has 0 heterocycles. The van der Waals surface area contributed by atoms with Gasteiger partial charge in [-0.15, -0.1) is 0 Å². The molecule has 0 aliphatic heterocycles. The lowest BCUT2D eigenvalue weighted by Crippen LogP contribution is -2.20. The first-order valence-corrected chi connectivity index (χ1v) is 6.82. The minimum Gasteiger partial charge on any atom is -0.381 e. The van der Waals surface area contributed by atoms with Crippen LogP contribution in [0.1, 0.15) is 13.3 Å². The zero-order chi connectivity index (χ0) is 11.8. The van der Waals surface area contributed by atoms with Crippen LogP contribution >= 0.6 is 0 Å². The van der Waals surface area contributed by atoms with Gasteiger partial charge in [-0.1, -0.05) is 19.1 Å². The fourth-order valence-corrected chi connectivity index (χ4v) is 2.55. The van der Waals surface area contributed by atoms with Crippen molar-refractivity contribution in [2.24, 2.45) is 5.92 Å². The van der Waals surface area contributed by atoms with E-state index in [1.165, 1.54) is 7.05 Å². The fraction of sp³-hybridized carbons (Fsp3) is 0.455. The molecule has 1 fully saturated rings. The minimum absolute atomic E-state index is 0.316. The van der Waals surface area contributed by atoms with E-state index in [0.717, 1.165) is 6.42 Å². The predicted octanol–water partition coefficient (Wildman–Crippen LogP) is 1.41. The summed E-state index contributed by atoms with van der Waals surface area (Å²) in [5.74, 6) is 0.630. The third-order valence-corrected chi connectivity index (χ3v) is 4.37. The lowest BCUT2D eigenvalue weighted by Gasteiger charge is -2.11. The van der Waals surface area contributed by atoms with Crippen molar-refractivity contribution in [2.45, 2.75) is 24.3 Å². The molecule has 1 saturated carbocycles. The molecule has 1 aromatic carbocycles. The van der Waals surface area contributed by atoms with E-state index in [4.69, 9.17) is 0 Å². The number of anilines is 1. The molecule has 0 amide bonds. The highest BCUT2D eigenvalue weighted by molar-refractivity contribution is 7.89. The van der Waals surface area contributed by atoms with Gasteiger partial charge < -0.3 is 5.32 Å². The van der Waals surface area contributed by atoms with Crippen LogP contribution in [-0.2, 0) is 10.0 Å². The second-order valence-electron chi connectivity index (χ2n) is 4.17. The number of sulfonamides is 1. The van der Waals surface area contributed by atoms with Crippen molar-refractivity contribution in [3.8, 4) is 0 Å². The SMILES string of the molecule is CNS(=O)(=O)c1ccccc1NC1CC1C. The van der Waals surface area contributed by atoms with E-state index in [1.807, 2.05) is 6.07 Å². The highest BCUT2D eigenvalue weighted by atomic mass is 32.2. The Bertz CT molecular complexity index is 485. The zero-order valence-electron chi connectivity index (χ0n) is 9.40. The van der Waals surface area contributed by atoms with Crippen LogP contribution in [0.4, 0.5) is 5.69 Å². The Morgan fingerprint density at radius 2 is 1.94 bits per heavy atom. The predicted molar refractivity (Wildman–Crippen MR) is 63.9 cm³/mol. The summed E-state index contributed by atoms with van der Waals surface area (Å²) in [6, 6.07) is 7.39. The van der Waals surface area contributed by atoms with Crippen LogP contribution in [0.15, 0.2) is 29.2 Å². The topological polar surface area (TPSA) is 58.2 Å². The highest BCUT2D eigenvalue weighted by Gasteiger charge is 2.33. The smallest absolute Gasteiger partial charge is 0.242 e. The molecule has 1 aliphatic carbocycles. The van der Waals surface area contributed by atoms with Crippen molar-refractivity contribution in [2.75, 3.05) is 12.4 Å². The molecule has 0 saturated heterocycles. The molecule has 1 aromatic rings. The molecule has 0 spiro atoms. The van der Waals surface area contributed by atoms with Gasteiger partial charge in [-0.25, -0.2) is 13.1 Å². The van der Waals surface area contributed by atoms with E-state index < -0.39 is 10.0 Å². The van der Waals surface area contributed by atoms with Gasteiger partial charge in [-0.3, -0.25) is 0 Å². The van der Waals surface area contributed by atoms with Crippen LogP contribution < -0.4 is 10.0 Å². The van der Waals surface area contributed by atoms with E-state index in [2.05, 4.69) is 17.0 Å². The molecule has 1 aliphatic rings. The van der Waals surface area contributed by atoms with Gasteiger partial charge in [0, 0.05) is 6.04 Å². The molecule has 2 atom stereocenters. The Morgan fingerprint density at radius 1 is 1.31 bits per heavy atom. The van der Waals surface area contributed by atoms with Crippen molar-refractivity contribution in [3.05, 3.63) is 24.3 Å². The van der Waals surface area contributed by atoms with E-state index in [1.54, 1.807) is 18.2 Å². The van der Waals surface area contributed by atoms with Gasteiger partial charge >= 0.3 is 0 Å².